The van der Waals surface area contributed by atoms with Crippen LogP contribution in [0.2, 0.25) is 5.02 Å². The first kappa shape index (κ1) is 13.8. The average Bonchev–Trinajstić information content (AvgIpc) is 2.20. The zero-order chi connectivity index (χ0) is 13.4. The molecule has 1 aromatic carbocycles. The molecule has 1 unspecified atom stereocenters. The largest absolute Gasteiger partial charge is 0.389 e. The van der Waals surface area contributed by atoms with Crippen molar-refractivity contribution >= 4 is 11.6 Å². The number of rotatable bonds is 2. The second-order valence-electron chi connectivity index (χ2n) is 5.67. The van der Waals surface area contributed by atoms with Gasteiger partial charge in [-0.1, -0.05) is 17.7 Å². The van der Waals surface area contributed by atoms with Gasteiger partial charge in [-0.25, -0.2) is 4.39 Å². The predicted octanol–water partition coefficient (Wildman–Crippen LogP) is 3.34. The van der Waals surface area contributed by atoms with Gasteiger partial charge in [0.1, 0.15) is 5.82 Å². The minimum Gasteiger partial charge on any atom is -0.389 e. The summed E-state index contributed by atoms with van der Waals surface area (Å²) in [6.45, 7) is 4.38. The van der Waals surface area contributed by atoms with Crippen molar-refractivity contribution in [2.45, 2.75) is 44.3 Å². The van der Waals surface area contributed by atoms with E-state index in [2.05, 4.69) is 0 Å². The highest BCUT2D eigenvalue weighted by molar-refractivity contribution is 6.30. The van der Waals surface area contributed by atoms with Gasteiger partial charge in [-0.05, 0) is 38.0 Å². The minimum absolute atomic E-state index is 0.294. The molecule has 18 heavy (non-hydrogen) atoms. The van der Waals surface area contributed by atoms with Crippen LogP contribution in [0.3, 0.4) is 0 Å². The molecule has 4 heteroatoms. The molecule has 100 valence electrons. The van der Waals surface area contributed by atoms with E-state index in [1.807, 2.05) is 13.8 Å². The summed E-state index contributed by atoms with van der Waals surface area (Å²) in [4.78, 5) is 0. The monoisotopic (exact) mass is 272 g/mol. The summed E-state index contributed by atoms with van der Waals surface area (Å²) in [7, 11) is 0. The molecule has 0 amide bonds. The molecule has 0 radical (unpaired) electrons. The van der Waals surface area contributed by atoms with E-state index in [0.717, 1.165) is 0 Å². The Bertz CT molecular complexity index is 447. The van der Waals surface area contributed by atoms with Gasteiger partial charge in [-0.3, -0.25) is 0 Å². The van der Waals surface area contributed by atoms with Crippen molar-refractivity contribution in [1.82, 2.24) is 0 Å². The number of hydrogen-bond donors (Lipinski definition) is 1. The van der Waals surface area contributed by atoms with Gasteiger partial charge in [0.2, 0.25) is 0 Å². The quantitative estimate of drug-likeness (QED) is 0.895. The van der Waals surface area contributed by atoms with Gasteiger partial charge >= 0.3 is 0 Å². The molecule has 0 spiro atoms. The Hall–Kier alpha value is -0.640. The van der Waals surface area contributed by atoms with E-state index in [4.69, 9.17) is 16.3 Å². The molecule has 1 saturated heterocycles. The van der Waals surface area contributed by atoms with Crippen LogP contribution in [0.4, 0.5) is 4.39 Å². The zero-order valence-corrected chi connectivity index (χ0v) is 11.4. The first-order valence-corrected chi connectivity index (χ1v) is 6.48. The second kappa shape index (κ2) is 4.80. The summed E-state index contributed by atoms with van der Waals surface area (Å²) >= 11 is 5.72. The molecule has 0 aliphatic carbocycles. The highest BCUT2D eigenvalue weighted by atomic mass is 35.5. The number of benzene rings is 1. The highest BCUT2D eigenvalue weighted by Gasteiger charge is 2.39. The molecule has 1 heterocycles. The van der Waals surface area contributed by atoms with E-state index in [0.29, 0.717) is 36.5 Å². The molecule has 1 N–H and O–H groups in total. The van der Waals surface area contributed by atoms with Crippen LogP contribution >= 0.6 is 11.6 Å². The van der Waals surface area contributed by atoms with Crippen molar-refractivity contribution in [3.63, 3.8) is 0 Å². The molecule has 0 aromatic heterocycles. The van der Waals surface area contributed by atoms with Crippen LogP contribution < -0.4 is 0 Å². The normalized spacial score (nSPS) is 27.2. The number of hydrogen-bond acceptors (Lipinski definition) is 2. The lowest BCUT2D eigenvalue weighted by Gasteiger charge is -2.41. The Labute approximate surface area is 112 Å². The summed E-state index contributed by atoms with van der Waals surface area (Å²) < 4.78 is 19.3. The van der Waals surface area contributed by atoms with Crippen molar-refractivity contribution in [3.05, 3.63) is 34.6 Å². The van der Waals surface area contributed by atoms with Gasteiger partial charge < -0.3 is 9.84 Å². The molecule has 1 aromatic rings. The standard InChI is InChI=1S/C14H18ClFO2/c1-13(2)9-14(17,5-6-18-13)8-10-3-4-11(15)7-12(10)16/h3-4,7,17H,5-6,8-9H2,1-2H3. The van der Waals surface area contributed by atoms with Crippen molar-refractivity contribution < 1.29 is 14.2 Å². The van der Waals surface area contributed by atoms with E-state index in [9.17, 15) is 9.50 Å². The molecule has 0 saturated carbocycles. The first-order valence-electron chi connectivity index (χ1n) is 6.10. The molecule has 1 aliphatic rings. The fourth-order valence-electron chi connectivity index (χ4n) is 2.62. The molecule has 2 nitrogen and oxygen atoms in total. The first-order chi connectivity index (χ1) is 8.30. The van der Waals surface area contributed by atoms with Gasteiger partial charge in [0.25, 0.3) is 0 Å². The molecular weight excluding hydrogens is 255 g/mol. The summed E-state index contributed by atoms with van der Waals surface area (Å²) in [6.07, 6.45) is 1.32. The van der Waals surface area contributed by atoms with Crippen molar-refractivity contribution in [2.75, 3.05) is 6.61 Å². The van der Waals surface area contributed by atoms with E-state index in [-0.39, 0.29) is 11.4 Å². The summed E-state index contributed by atoms with van der Waals surface area (Å²) in [5.41, 5.74) is -0.772. The molecule has 1 atom stereocenters. The molecule has 1 aliphatic heterocycles. The van der Waals surface area contributed by atoms with E-state index >= 15 is 0 Å². The van der Waals surface area contributed by atoms with Crippen molar-refractivity contribution in [2.24, 2.45) is 0 Å². The Morgan fingerprint density at radius 2 is 2.17 bits per heavy atom. The fraction of sp³-hybridized carbons (Fsp3) is 0.571. The number of halogens is 2. The predicted molar refractivity (Wildman–Crippen MR) is 69.3 cm³/mol. The topological polar surface area (TPSA) is 29.5 Å². The Morgan fingerprint density at radius 3 is 2.78 bits per heavy atom. The SMILES string of the molecule is CC1(C)CC(O)(Cc2ccc(Cl)cc2F)CCO1. The molecular formula is C14H18ClFO2. The Balaban J connectivity index is 2.17. The lowest BCUT2D eigenvalue weighted by Crippen LogP contribution is -2.47. The van der Waals surface area contributed by atoms with Crippen LogP contribution in [-0.2, 0) is 11.2 Å². The van der Waals surface area contributed by atoms with Crippen molar-refractivity contribution in [1.29, 1.82) is 0 Å². The van der Waals surface area contributed by atoms with Crippen LogP contribution in [0.15, 0.2) is 18.2 Å². The van der Waals surface area contributed by atoms with Crippen LogP contribution in [0.5, 0.6) is 0 Å². The third kappa shape index (κ3) is 3.22. The second-order valence-corrected chi connectivity index (χ2v) is 6.11. The maximum absolute atomic E-state index is 13.7. The lowest BCUT2D eigenvalue weighted by atomic mass is 9.80. The van der Waals surface area contributed by atoms with E-state index in [1.54, 1.807) is 12.1 Å². The minimum atomic E-state index is -0.906. The molecule has 1 fully saturated rings. The smallest absolute Gasteiger partial charge is 0.127 e. The average molecular weight is 273 g/mol. The van der Waals surface area contributed by atoms with Crippen LogP contribution in [-0.4, -0.2) is 22.9 Å². The summed E-state index contributed by atoms with van der Waals surface area (Å²) in [6, 6.07) is 4.57. The molecule has 0 bridgehead atoms. The maximum atomic E-state index is 13.7. The van der Waals surface area contributed by atoms with E-state index < -0.39 is 5.60 Å². The zero-order valence-electron chi connectivity index (χ0n) is 10.7. The van der Waals surface area contributed by atoms with Crippen LogP contribution in [0.1, 0.15) is 32.3 Å². The van der Waals surface area contributed by atoms with Gasteiger partial charge in [0.05, 0.1) is 17.8 Å². The summed E-state index contributed by atoms with van der Waals surface area (Å²) in [5.74, 6) is -0.361. The third-order valence-corrected chi connectivity index (χ3v) is 3.58. The number of ether oxygens (including phenoxy) is 1. The molecule has 2 rings (SSSR count). The van der Waals surface area contributed by atoms with Gasteiger partial charge in [0.15, 0.2) is 0 Å². The Kier molecular flexibility index (Phi) is 3.67. The van der Waals surface area contributed by atoms with Crippen molar-refractivity contribution in [3.8, 4) is 0 Å². The maximum Gasteiger partial charge on any atom is 0.127 e. The Morgan fingerprint density at radius 1 is 1.44 bits per heavy atom. The van der Waals surface area contributed by atoms with Gasteiger partial charge in [-0.15, -0.1) is 0 Å². The fourth-order valence-corrected chi connectivity index (χ4v) is 2.78. The van der Waals surface area contributed by atoms with Crippen LogP contribution in [0.25, 0.3) is 0 Å². The highest BCUT2D eigenvalue weighted by Crippen LogP contribution is 2.35. The van der Waals surface area contributed by atoms with Gasteiger partial charge in [-0.2, -0.15) is 0 Å². The van der Waals surface area contributed by atoms with E-state index in [1.165, 1.54) is 6.07 Å². The van der Waals surface area contributed by atoms with Crippen LogP contribution in [0, 0.1) is 5.82 Å². The summed E-state index contributed by atoms with van der Waals surface area (Å²) in [5, 5.41) is 10.9. The number of aliphatic hydroxyl groups is 1. The lowest BCUT2D eigenvalue weighted by molar-refractivity contribution is -0.143. The third-order valence-electron chi connectivity index (χ3n) is 3.35. The van der Waals surface area contributed by atoms with Gasteiger partial charge in [0, 0.05) is 17.9 Å².